The van der Waals surface area contributed by atoms with Crippen molar-refractivity contribution < 1.29 is 0 Å². The van der Waals surface area contributed by atoms with Crippen molar-refractivity contribution in [3.05, 3.63) is 0 Å². The van der Waals surface area contributed by atoms with E-state index in [-0.39, 0.29) is 5.94 Å². The number of hydrogen-bond donors (Lipinski definition) is 0. The van der Waals surface area contributed by atoms with Gasteiger partial charge in [-0.2, -0.15) is 0 Å². The summed E-state index contributed by atoms with van der Waals surface area (Å²) in [5.41, 5.74) is 0. The molecule has 0 N–H and O–H groups in total. The summed E-state index contributed by atoms with van der Waals surface area (Å²) in [7, 11) is 9.26. The van der Waals surface area contributed by atoms with Crippen LogP contribution in [0.3, 0.4) is 0 Å². The second-order valence-corrected chi connectivity index (χ2v) is 1.70. The second-order valence-electron chi connectivity index (χ2n) is 1.70. The first-order valence-corrected chi connectivity index (χ1v) is 2.06. The van der Waals surface area contributed by atoms with Crippen molar-refractivity contribution in [2.24, 2.45) is 0 Å². The van der Waals surface area contributed by atoms with Gasteiger partial charge in [0.15, 0.2) is 0 Å². The van der Waals surface area contributed by atoms with Gasteiger partial charge in [-0.25, -0.2) is 0 Å². The molecule has 0 aliphatic carbocycles. The Bertz CT molecular complexity index is 28.5. The van der Waals surface area contributed by atoms with E-state index in [1.165, 1.54) is 0 Å². The van der Waals surface area contributed by atoms with Gasteiger partial charge in [0.25, 0.3) is 0 Å². The number of hydrogen-bond acceptors (Lipinski definition) is 1. The van der Waals surface area contributed by atoms with Crippen LogP contribution < -0.4 is 0 Å². The molecule has 0 aromatic heterocycles. The van der Waals surface area contributed by atoms with E-state index in [1.54, 1.807) is 0 Å². The molecular weight excluding hydrogens is 72.9 g/mol. The summed E-state index contributed by atoms with van der Waals surface area (Å²) in [5, 5.41) is 0. The lowest BCUT2D eigenvalue weighted by atomic mass is 9.98. The minimum absolute atomic E-state index is 0.185. The third-order valence-corrected chi connectivity index (χ3v) is 0.815. The zero-order chi connectivity index (χ0) is 5.15. The van der Waals surface area contributed by atoms with Crippen LogP contribution in [0.5, 0.6) is 0 Å². The lowest BCUT2D eigenvalue weighted by Crippen LogP contribution is -2.23. The zero-order valence-electron chi connectivity index (χ0n) is 4.60. The molecule has 0 saturated heterocycles. The Morgan fingerprint density at radius 3 is 1.67 bits per heavy atom. The summed E-state index contributed by atoms with van der Waals surface area (Å²) in [6.07, 6.45) is 0. The Hall–Kier alpha value is 0.0249. The average Bonchev–Trinajstić information content (AvgIpc) is 1.36. The first-order chi connectivity index (χ1) is 2.64. The molecule has 0 aliphatic rings. The van der Waals surface area contributed by atoms with Crippen LogP contribution in [-0.4, -0.2) is 32.8 Å². The highest BCUT2D eigenvalue weighted by molar-refractivity contribution is 6.11. The summed E-state index contributed by atoms with van der Waals surface area (Å²) >= 11 is 0. The van der Waals surface area contributed by atoms with Gasteiger partial charge in [0.1, 0.15) is 0 Å². The van der Waals surface area contributed by atoms with E-state index in [9.17, 15) is 0 Å². The largest absolute Gasteiger partial charge is 0.315 e. The van der Waals surface area contributed by atoms with Gasteiger partial charge in [-0.1, -0.05) is 6.92 Å². The molecule has 2 heteroatoms. The fraction of sp³-hybridized carbons (Fsp3) is 1.00. The van der Waals surface area contributed by atoms with Crippen LogP contribution in [0.2, 0.25) is 0 Å². The SMILES string of the molecule is [B]C(C)N(C)C. The molecule has 2 radical (unpaired) electrons. The van der Waals surface area contributed by atoms with Crippen LogP contribution in [0, 0.1) is 0 Å². The third kappa shape index (κ3) is 2.27. The molecular formula is C4H10BN. The Morgan fingerprint density at radius 1 is 1.50 bits per heavy atom. The van der Waals surface area contributed by atoms with Crippen LogP contribution in [0.4, 0.5) is 0 Å². The molecule has 0 fully saturated rings. The molecule has 0 aliphatic heterocycles. The molecule has 34 valence electrons. The fourth-order valence-electron chi connectivity index (χ4n) is 0. The standard InChI is InChI=1S/C4H10BN/c1-4(5)6(2)3/h4H,1-3H3. The van der Waals surface area contributed by atoms with Gasteiger partial charge in [0, 0.05) is 0 Å². The molecule has 0 aromatic rings. The Balaban J connectivity index is 2.99. The van der Waals surface area contributed by atoms with Crippen LogP contribution in [-0.2, 0) is 0 Å². The Labute approximate surface area is 40.7 Å². The Morgan fingerprint density at radius 2 is 1.67 bits per heavy atom. The van der Waals surface area contributed by atoms with E-state index in [2.05, 4.69) is 0 Å². The highest BCUT2D eigenvalue weighted by atomic mass is 15.1. The fourth-order valence-corrected chi connectivity index (χ4v) is 0. The molecule has 0 bridgehead atoms. The van der Waals surface area contributed by atoms with E-state index >= 15 is 0 Å². The molecule has 6 heavy (non-hydrogen) atoms. The summed E-state index contributed by atoms with van der Waals surface area (Å²) in [6, 6.07) is 0. The molecule has 0 spiro atoms. The third-order valence-electron chi connectivity index (χ3n) is 0.815. The van der Waals surface area contributed by atoms with Crippen molar-refractivity contribution in [2.75, 3.05) is 14.1 Å². The Kier molecular flexibility index (Phi) is 2.25. The minimum atomic E-state index is 0.185. The van der Waals surface area contributed by atoms with E-state index in [0.29, 0.717) is 0 Å². The molecule has 1 nitrogen and oxygen atoms in total. The smallest absolute Gasteiger partial charge is 0.0906 e. The molecule has 0 rings (SSSR count). The zero-order valence-corrected chi connectivity index (χ0v) is 4.60. The second kappa shape index (κ2) is 2.24. The highest BCUT2D eigenvalue weighted by Crippen LogP contribution is 1.78. The number of rotatable bonds is 1. The van der Waals surface area contributed by atoms with Gasteiger partial charge in [0.2, 0.25) is 0 Å². The molecule has 1 atom stereocenters. The molecule has 1 unspecified atom stereocenters. The van der Waals surface area contributed by atoms with E-state index in [1.807, 2.05) is 25.9 Å². The normalized spacial score (nSPS) is 15.3. The summed E-state index contributed by atoms with van der Waals surface area (Å²) in [5.74, 6) is 0.185. The van der Waals surface area contributed by atoms with E-state index < -0.39 is 0 Å². The first kappa shape index (κ1) is 6.02. The minimum Gasteiger partial charge on any atom is -0.315 e. The lowest BCUT2D eigenvalue weighted by Gasteiger charge is -2.12. The summed E-state index contributed by atoms with van der Waals surface area (Å²) in [6.45, 7) is 1.94. The first-order valence-electron chi connectivity index (χ1n) is 2.06. The van der Waals surface area contributed by atoms with E-state index in [4.69, 9.17) is 7.85 Å². The topological polar surface area (TPSA) is 3.24 Å². The van der Waals surface area contributed by atoms with Gasteiger partial charge in [-0.3, -0.25) is 0 Å². The highest BCUT2D eigenvalue weighted by Gasteiger charge is 1.90. The van der Waals surface area contributed by atoms with Crippen molar-refractivity contribution >= 4 is 7.85 Å². The summed E-state index contributed by atoms with van der Waals surface area (Å²) < 4.78 is 0. The van der Waals surface area contributed by atoms with E-state index in [0.717, 1.165) is 0 Å². The van der Waals surface area contributed by atoms with Crippen molar-refractivity contribution in [1.29, 1.82) is 0 Å². The van der Waals surface area contributed by atoms with Gasteiger partial charge in [-0.05, 0) is 20.0 Å². The van der Waals surface area contributed by atoms with Crippen LogP contribution in [0.1, 0.15) is 6.92 Å². The van der Waals surface area contributed by atoms with Crippen LogP contribution >= 0.6 is 0 Å². The van der Waals surface area contributed by atoms with Crippen molar-refractivity contribution in [1.82, 2.24) is 4.90 Å². The lowest BCUT2D eigenvalue weighted by molar-refractivity contribution is 0.395. The maximum absolute atomic E-state index is 5.36. The molecule has 0 saturated carbocycles. The van der Waals surface area contributed by atoms with Crippen LogP contribution in [0.15, 0.2) is 0 Å². The van der Waals surface area contributed by atoms with Gasteiger partial charge in [0.05, 0.1) is 7.85 Å². The maximum Gasteiger partial charge on any atom is 0.0906 e. The molecule has 0 amide bonds. The quantitative estimate of drug-likeness (QED) is 0.405. The molecule has 0 aromatic carbocycles. The predicted octanol–water partition coefficient (Wildman–Crippen LogP) is 0.0625. The van der Waals surface area contributed by atoms with Crippen molar-refractivity contribution in [2.45, 2.75) is 12.9 Å². The van der Waals surface area contributed by atoms with Crippen molar-refractivity contribution in [3.8, 4) is 0 Å². The van der Waals surface area contributed by atoms with Crippen LogP contribution in [0.25, 0.3) is 0 Å². The van der Waals surface area contributed by atoms with Gasteiger partial charge < -0.3 is 4.90 Å². The average molecular weight is 82.9 g/mol. The van der Waals surface area contributed by atoms with Gasteiger partial charge >= 0.3 is 0 Å². The monoisotopic (exact) mass is 83.1 g/mol. The van der Waals surface area contributed by atoms with Crippen molar-refractivity contribution in [3.63, 3.8) is 0 Å². The predicted molar refractivity (Wildman–Crippen MR) is 28.9 cm³/mol. The number of nitrogens with zero attached hydrogens (tertiary/aromatic N) is 1. The van der Waals surface area contributed by atoms with Gasteiger partial charge in [-0.15, -0.1) is 0 Å². The molecule has 0 heterocycles. The maximum atomic E-state index is 5.36. The summed E-state index contributed by atoms with van der Waals surface area (Å²) in [4.78, 5) is 1.94.